The summed E-state index contributed by atoms with van der Waals surface area (Å²) in [5.41, 5.74) is 1.59. The number of ether oxygens (including phenoxy) is 1. The van der Waals surface area contributed by atoms with Crippen LogP contribution in [0.15, 0.2) is 12.3 Å². The van der Waals surface area contributed by atoms with Crippen LogP contribution < -0.4 is 25.4 Å². The summed E-state index contributed by atoms with van der Waals surface area (Å²) in [5, 5.41) is 17.2. The first-order chi connectivity index (χ1) is 19.5. The molecule has 0 radical (unpaired) electrons. The van der Waals surface area contributed by atoms with E-state index in [1.165, 1.54) is 77.2 Å². The van der Waals surface area contributed by atoms with Gasteiger partial charge in [0.05, 0.1) is 24.3 Å². The van der Waals surface area contributed by atoms with Crippen molar-refractivity contribution in [3.8, 4) is 5.88 Å². The summed E-state index contributed by atoms with van der Waals surface area (Å²) in [5.74, 6) is 2.97. The molecule has 0 aromatic carbocycles. The topological polar surface area (TPSA) is 78.4 Å². The minimum Gasteiger partial charge on any atom is -0.476 e. The molecular formula is C31H51N7OS. The molecule has 7 unspecified atom stereocenters. The number of nitrogens with zero attached hydrogens (tertiary/aromatic N) is 3. The molecule has 8 rings (SSSR count). The Balaban J connectivity index is 0.952. The average molecular weight is 570 g/mol. The molecule has 7 atom stereocenters. The van der Waals surface area contributed by atoms with Crippen molar-refractivity contribution in [2.24, 2.45) is 28.6 Å². The van der Waals surface area contributed by atoms with Crippen molar-refractivity contribution in [2.45, 2.75) is 120 Å². The zero-order chi connectivity index (χ0) is 27.0. The first-order valence-electron chi connectivity index (χ1n) is 16.5. The highest BCUT2D eigenvalue weighted by atomic mass is 32.2. The predicted octanol–water partition coefficient (Wildman–Crippen LogP) is 4.42. The van der Waals surface area contributed by atoms with Crippen LogP contribution in [0.1, 0.15) is 97.1 Å². The van der Waals surface area contributed by atoms with Crippen LogP contribution in [0, 0.1) is 28.6 Å². The first-order valence-corrected chi connectivity index (χ1v) is 17.4. The van der Waals surface area contributed by atoms with Crippen LogP contribution in [0.5, 0.6) is 5.88 Å². The molecule has 4 N–H and O–H groups in total. The molecule has 3 aliphatic carbocycles. The Morgan fingerprint density at radius 3 is 2.70 bits per heavy atom. The lowest BCUT2D eigenvalue weighted by Gasteiger charge is -2.47. The van der Waals surface area contributed by atoms with Crippen molar-refractivity contribution in [3.63, 3.8) is 0 Å². The quantitative estimate of drug-likeness (QED) is 0.397. The van der Waals surface area contributed by atoms with E-state index in [2.05, 4.69) is 56.4 Å². The van der Waals surface area contributed by atoms with Crippen molar-refractivity contribution in [1.82, 2.24) is 35.4 Å². The molecule has 4 bridgehead atoms. The molecule has 40 heavy (non-hydrogen) atoms. The maximum Gasteiger partial charge on any atom is 0.232 e. The van der Waals surface area contributed by atoms with E-state index in [-0.39, 0.29) is 11.7 Å². The second-order valence-corrected chi connectivity index (χ2v) is 16.1. The number of aromatic nitrogens is 2. The first kappa shape index (κ1) is 26.8. The molecule has 4 saturated heterocycles. The Kier molecular flexibility index (Phi) is 6.77. The van der Waals surface area contributed by atoms with Gasteiger partial charge in [-0.2, -0.15) is 0 Å². The van der Waals surface area contributed by atoms with E-state index in [0.717, 1.165) is 43.8 Å². The van der Waals surface area contributed by atoms with Gasteiger partial charge in [-0.1, -0.05) is 11.9 Å². The van der Waals surface area contributed by atoms with E-state index < -0.39 is 0 Å². The van der Waals surface area contributed by atoms with Crippen molar-refractivity contribution < 1.29 is 4.74 Å². The Bertz CT molecular complexity index is 1050. The third-order valence-corrected chi connectivity index (χ3v) is 13.2. The summed E-state index contributed by atoms with van der Waals surface area (Å²) in [4.78, 5) is 2.82. The molecule has 8 nitrogen and oxygen atoms in total. The fourth-order valence-corrected chi connectivity index (χ4v) is 10.8. The van der Waals surface area contributed by atoms with E-state index in [1.54, 1.807) is 0 Å². The summed E-state index contributed by atoms with van der Waals surface area (Å²) in [6.07, 6.45) is 19.0. The normalized spacial score (nSPS) is 41.6. The van der Waals surface area contributed by atoms with Gasteiger partial charge in [0.1, 0.15) is 6.17 Å². The fraction of sp³-hybridized carbons (Fsp3) is 0.903. The second kappa shape index (κ2) is 10.1. The van der Waals surface area contributed by atoms with Gasteiger partial charge in [0.2, 0.25) is 5.88 Å². The van der Waals surface area contributed by atoms with Crippen LogP contribution in [-0.4, -0.2) is 64.2 Å². The zero-order valence-corrected chi connectivity index (χ0v) is 25.5. The molecule has 1 aromatic rings. The SMILES string of the molecule is CC1(C)CC2CCCNC3CCCC(N3)SNCC3CCC(n4ccc(OCC5C6(CC6)C56CC6)n4)NC3N1C2. The lowest BCUT2D eigenvalue weighted by Crippen LogP contribution is -2.60. The summed E-state index contributed by atoms with van der Waals surface area (Å²) in [6.45, 7) is 9.19. The van der Waals surface area contributed by atoms with Crippen molar-refractivity contribution in [1.29, 1.82) is 0 Å². The highest BCUT2D eigenvalue weighted by Crippen LogP contribution is 2.92. The van der Waals surface area contributed by atoms with E-state index in [9.17, 15) is 0 Å². The van der Waals surface area contributed by atoms with Crippen molar-refractivity contribution in [2.75, 3.05) is 26.2 Å². The maximum absolute atomic E-state index is 6.31. The fourth-order valence-electron chi connectivity index (χ4n) is 9.75. The molecule has 7 aliphatic rings. The minimum absolute atomic E-state index is 0.207. The number of hydrogen-bond acceptors (Lipinski definition) is 8. The largest absolute Gasteiger partial charge is 0.476 e. The molecular weight excluding hydrogens is 518 g/mol. The van der Waals surface area contributed by atoms with Crippen molar-refractivity contribution in [3.05, 3.63) is 12.3 Å². The van der Waals surface area contributed by atoms with Crippen LogP contribution in [0.3, 0.4) is 0 Å². The third-order valence-electron chi connectivity index (χ3n) is 12.2. The van der Waals surface area contributed by atoms with Gasteiger partial charge >= 0.3 is 0 Å². The molecule has 2 spiro atoms. The molecule has 4 aliphatic heterocycles. The number of nitrogens with one attached hydrogen (secondary N) is 4. The van der Waals surface area contributed by atoms with Gasteiger partial charge in [0.15, 0.2) is 0 Å². The van der Waals surface area contributed by atoms with Gasteiger partial charge in [-0.05, 0) is 114 Å². The standard InChI is InChI=1S/C31H51N7OS/c1-29(2)17-21-5-4-15-32-24-6-3-7-27(34-24)40-33-18-22-8-9-25(35-28(22)37(29)19-21)38-16-10-26(36-38)39-20-23-30(11-12-30)31(23)13-14-31/h10,16,21-25,27-28,32-35H,3-9,11-15,17-20H2,1-2H3. The van der Waals surface area contributed by atoms with E-state index in [1.807, 2.05) is 11.9 Å². The summed E-state index contributed by atoms with van der Waals surface area (Å²) in [6, 6.07) is 2.10. The van der Waals surface area contributed by atoms with Crippen LogP contribution in [0.25, 0.3) is 0 Å². The van der Waals surface area contributed by atoms with E-state index in [0.29, 0.717) is 34.5 Å². The summed E-state index contributed by atoms with van der Waals surface area (Å²) in [7, 11) is 0. The lowest BCUT2D eigenvalue weighted by molar-refractivity contribution is 0.00922. The maximum atomic E-state index is 6.31. The number of piperidine rings is 2. The van der Waals surface area contributed by atoms with Gasteiger partial charge in [-0.15, -0.1) is 5.10 Å². The summed E-state index contributed by atoms with van der Waals surface area (Å²) < 4.78 is 12.3. The Morgan fingerprint density at radius 2 is 1.88 bits per heavy atom. The summed E-state index contributed by atoms with van der Waals surface area (Å²) >= 11 is 1.92. The highest BCUT2D eigenvalue weighted by molar-refractivity contribution is 7.98. The van der Waals surface area contributed by atoms with Crippen LogP contribution in [-0.2, 0) is 0 Å². The van der Waals surface area contributed by atoms with Gasteiger partial charge in [-0.3, -0.25) is 24.9 Å². The molecule has 5 heterocycles. The van der Waals surface area contributed by atoms with Crippen molar-refractivity contribution >= 4 is 11.9 Å². The van der Waals surface area contributed by atoms with E-state index >= 15 is 0 Å². The van der Waals surface area contributed by atoms with Gasteiger partial charge in [0.25, 0.3) is 0 Å². The third kappa shape index (κ3) is 4.75. The minimum atomic E-state index is 0.207. The van der Waals surface area contributed by atoms with Gasteiger partial charge < -0.3 is 10.1 Å². The van der Waals surface area contributed by atoms with Crippen LogP contribution in [0.4, 0.5) is 0 Å². The molecule has 3 saturated carbocycles. The van der Waals surface area contributed by atoms with Crippen LogP contribution >= 0.6 is 11.9 Å². The second-order valence-electron chi connectivity index (χ2n) is 15.0. The number of fused-ring (bicyclic) bond motifs is 7. The van der Waals surface area contributed by atoms with E-state index in [4.69, 9.17) is 9.84 Å². The molecule has 222 valence electrons. The molecule has 1 aromatic heterocycles. The smallest absolute Gasteiger partial charge is 0.232 e. The predicted molar refractivity (Wildman–Crippen MR) is 160 cm³/mol. The monoisotopic (exact) mass is 569 g/mol. The Labute approximate surface area is 245 Å². The van der Waals surface area contributed by atoms with Crippen LogP contribution in [0.2, 0.25) is 0 Å². The molecule has 9 heteroatoms. The number of hydrogen-bond donors (Lipinski definition) is 4. The average Bonchev–Trinajstić information content (AvgIpc) is 3.89. The van der Waals surface area contributed by atoms with Gasteiger partial charge in [0, 0.05) is 42.7 Å². The lowest BCUT2D eigenvalue weighted by atomic mass is 9.90. The molecule has 0 amide bonds. The van der Waals surface area contributed by atoms with Gasteiger partial charge in [-0.25, -0.2) is 0 Å². The highest BCUT2D eigenvalue weighted by Gasteiger charge is 2.86. The Morgan fingerprint density at radius 1 is 1.02 bits per heavy atom. The molecule has 7 fully saturated rings. The zero-order valence-electron chi connectivity index (χ0n) is 24.7. The number of rotatable bonds is 4. The Hall–Kier alpha value is -0.840.